The number of aromatic nitrogens is 3. The minimum Gasteiger partial charge on any atom is -0.328 e. The molecule has 0 radical (unpaired) electrons. The van der Waals surface area contributed by atoms with Crippen LogP contribution in [0.25, 0.3) is 16.9 Å². The SMILES string of the molecule is O=C(NNC(=O)c1ccc[nH]c1=O)c1cn(-c2ccccc2)nc1-c1ccccc1. The summed E-state index contributed by atoms with van der Waals surface area (Å²) in [7, 11) is 0. The number of aromatic amines is 1. The number of para-hydroxylation sites is 1. The molecule has 4 aromatic rings. The topological polar surface area (TPSA) is 109 Å². The third-order valence-electron chi connectivity index (χ3n) is 4.38. The summed E-state index contributed by atoms with van der Waals surface area (Å²) >= 11 is 0. The molecule has 0 bridgehead atoms. The molecule has 4 rings (SSSR count). The second-order valence-electron chi connectivity index (χ2n) is 6.36. The molecule has 0 aliphatic heterocycles. The quantitative estimate of drug-likeness (QED) is 0.458. The van der Waals surface area contributed by atoms with Crippen LogP contribution < -0.4 is 16.4 Å². The first-order chi connectivity index (χ1) is 14.6. The van der Waals surface area contributed by atoms with Gasteiger partial charge in [-0.1, -0.05) is 48.5 Å². The molecular formula is C22H17N5O3. The highest BCUT2D eigenvalue weighted by molar-refractivity contribution is 6.02. The molecule has 0 unspecified atom stereocenters. The molecule has 2 amide bonds. The number of amides is 2. The van der Waals surface area contributed by atoms with Gasteiger partial charge in [-0.25, -0.2) is 4.68 Å². The largest absolute Gasteiger partial charge is 0.328 e. The average molecular weight is 399 g/mol. The van der Waals surface area contributed by atoms with Crippen LogP contribution in [-0.2, 0) is 0 Å². The number of rotatable bonds is 4. The van der Waals surface area contributed by atoms with Gasteiger partial charge in [0.15, 0.2) is 0 Å². The Morgan fingerprint density at radius 1 is 0.800 bits per heavy atom. The lowest BCUT2D eigenvalue weighted by Crippen LogP contribution is -2.43. The van der Waals surface area contributed by atoms with E-state index in [2.05, 4.69) is 20.9 Å². The molecule has 0 spiro atoms. The molecule has 0 atom stereocenters. The number of carbonyl (C=O) groups excluding carboxylic acids is 2. The van der Waals surface area contributed by atoms with Gasteiger partial charge in [0.05, 0.1) is 11.3 Å². The van der Waals surface area contributed by atoms with Gasteiger partial charge < -0.3 is 4.98 Å². The maximum atomic E-state index is 12.8. The van der Waals surface area contributed by atoms with Crippen molar-refractivity contribution in [1.82, 2.24) is 25.6 Å². The number of hydrazine groups is 1. The van der Waals surface area contributed by atoms with Gasteiger partial charge in [-0.15, -0.1) is 0 Å². The van der Waals surface area contributed by atoms with Crippen molar-refractivity contribution in [1.29, 1.82) is 0 Å². The van der Waals surface area contributed by atoms with E-state index in [1.807, 2.05) is 60.7 Å². The first kappa shape index (κ1) is 18.9. The molecule has 8 nitrogen and oxygen atoms in total. The van der Waals surface area contributed by atoms with Gasteiger partial charge in [-0.2, -0.15) is 5.10 Å². The predicted octanol–water partition coefficient (Wildman–Crippen LogP) is 2.30. The van der Waals surface area contributed by atoms with E-state index in [4.69, 9.17) is 0 Å². The van der Waals surface area contributed by atoms with Crippen molar-refractivity contribution >= 4 is 11.8 Å². The molecule has 0 aliphatic rings. The number of hydrogen-bond donors (Lipinski definition) is 3. The van der Waals surface area contributed by atoms with Crippen molar-refractivity contribution < 1.29 is 9.59 Å². The van der Waals surface area contributed by atoms with E-state index >= 15 is 0 Å². The van der Waals surface area contributed by atoms with Crippen LogP contribution in [0.3, 0.4) is 0 Å². The summed E-state index contributed by atoms with van der Waals surface area (Å²) < 4.78 is 1.60. The minimum absolute atomic E-state index is 0.110. The molecular weight excluding hydrogens is 382 g/mol. The monoisotopic (exact) mass is 399 g/mol. The van der Waals surface area contributed by atoms with Crippen LogP contribution >= 0.6 is 0 Å². The summed E-state index contributed by atoms with van der Waals surface area (Å²) in [4.78, 5) is 39.2. The molecule has 0 saturated carbocycles. The van der Waals surface area contributed by atoms with Crippen LogP contribution in [0.15, 0.2) is 90.0 Å². The van der Waals surface area contributed by atoms with E-state index in [0.717, 1.165) is 11.3 Å². The Labute approximate surface area is 171 Å². The van der Waals surface area contributed by atoms with Crippen LogP contribution in [0.1, 0.15) is 20.7 Å². The molecule has 0 aliphatic carbocycles. The summed E-state index contributed by atoms with van der Waals surface area (Å²) in [6, 6.07) is 21.5. The Balaban J connectivity index is 1.63. The number of hydrogen-bond acceptors (Lipinski definition) is 4. The van der Waals surface area contributed by atoms with Crippen LogP contribution in [0.5, 0.6) is 0 Å². The third kappa shape index (κ3) is 3.88. The summed E-state index contributed by atoms with van der Waals surface area (Å²) in [5, 5.41) is 4.56. The van der Waals surface area contributed by atoms with Crippen molar-refractivity contribution in [3.05, 3.63) is 107 Å². The number of nitrogens with one attached hydrogen (secondary N) is 3. The second-order valence-corrected chi connectivity index (χ2v) is 6.36. The summed E-state index contributed by atoms with van der Waals surface area (Å²) in [6.45, 7) is 0. The molecule has 0 saturated heterocycles. The highest BCUT2D eigenvalue weighted by Gasteiger charge is 2.19. The second kappa shape index (κ2) is 8.27. The van der Waals surface area contributed by atoms with E-state index in [1.54, 1.807) is 10.9 Å². The standard InChI is InChI=1S/C22H17N5O3/c28-20-17(12-7-13-23-20)21(29)24-25-22(30)18-14-27(16-10-5-2-6-11-16)26-19(18)15-8-3-1-4-9-15/h1-14H,(H,23,28)(H,24,29)(H,25,30). The zero-order valence-electron chi connectivity index (χ0n) is 15.7. The van der Waals surface area contributed by atoms with Gasteiger partial charge in [0.2, 0.25) is 0 Å². The predicted molar refractivity (Wildman–Crippen MR) is 111 cm³/mol. The first-order valence-corrected chi connectivity index (χ1v) is 9.12. The van der Waals surface area contributed by atoms with Gasteiger partial charge in [-0.05, 0) is 24.3 Å². The van der Waals surface area contributed by atoms with Crippen molar-refractivity contribution in [2.75, 3.05) is 0 Å². The fraction of sp³-hybridized carbons (Fsp3) is 0. The Bertz CT molecular complexity index is 1250. The highest BCUT2D eigenvalue weighted by atomic mass is 16.2. The van der Waals surface area contributed by atoms with Gasteiger partial charge in [0.25, 0.3) is 17.4 Å². The van der Waals surface area contributed by atoms with Crippen molar-refractivity contribution in [2.24, 2.45) is 0 Å². The maximum absolute atomic E-state index is 12.8. The van der Waals surface area contributed by atoms with E-state index in [-0.39, 0.29) is 11.1 Å². The normalized spacial score (nSPS) is 10.4. The molecule has 0 fully saturated rings. The van der Waals surface area contributed by atoms with Crippen LogP contribution in [-0.4, -0.2) is 26.6 Å². The van der Waals surface area contributed by atoms with E-state index in [9.17, 15) is 14.4 Å². The van der Waals surface area contributed by atoms with Crippen molar-refractivity contribution in [3.8, 4) is 16.9 Å². The van der Waals surface area contributed by atoms with E-state index < -0.39 is 17.4 Å². The zero-order chi connectivity index (χ0) is 20.9. The van der Waals surface area contributed by atoms with E-state index in [1.165, 1.54) is 18.3 Å². The highest BCUT2D eigenvalue weighted by Crippen LogP contribution is 2.23. The van der Waals surface area contributed by atoms with Crippen LogP contribution in [0, 0.1) is 0 Å². The number of benzene rings is 2. The summed E-state index contributed by atoms with van der Waals surface area (Å²) in [6.07, 6.45) is 3.01. The first-order valence-electron chi connectivity index (χ1n) is 9.12. The third-order valence-corrected chi connectivity index (χ3v) is 4.38. The summed E-state index contributed by atoms with van der Waals surface area (Å²) in [5.41, 5.74) is 6.24. The van der Waals surface area contributed by atoms with E-state index in [0.29, 0.717) is 5.69 Å². The minimum atomic E-state index is -0.720. The van der Waals surface area contributed by atoms with Gasteiger partial charge >= 0.3 is 0 Å². The fourth-order valence-electron chi connectivity index (χ4n) is 2.91. The van der Waals surface area contributed by atoms with Gasteiger partial charge in [0, 0.05) is 18.0 Å². The molecule has 2 aromatic heterocycles. The zero-order valence-corrected chi connectivity index (χ0v) is 15.7. The number of carbonyl (C=O) groups is 2. The van der Waals surface area contributed by atoms with Crippen molar-refractivity contribution in [3.63, 3.8) is 0 Å². The smallest absolute Gasteiger partial charge is 0.275 e. The molecule has 2 aromatic carbocycles. The molecule has 8 heteroatoms. The Hall–Kier alpha value is -4.46. The number of nitrogens with zero attached hydrogens (tertiary/aromatic N) is 2. The molecule has 3 N–H and O–H groups in total. The number of H-pyrrole nitrogens is 1. The van der Waals surface area contributed by atoms with Crippen molar-refractivity contribution in [2.45, 2.75) is 0 Å². The Morgan fingerprint density at radius 3 is 2.10 bits per heavy atom. The molecule has 148 valence electrons. The molecule has 30 heavy (non-hydrogen) atoms. The lowest BCUT2D eigenvalue weighted by atomic mass is 10.1. The summed E-state index contributed by atoms with van der Waals surface area (Å²) in [5.74, 6) is -1.28. The Morgan fingerprint density at radius 2 is 1.43 bits per heavy atom. The molecule has 2 heterocycles. The fourth-order valence-corrected chi connectivity index (χ4v) is 2.91. The average Bonchev–Trinajstić information content (AvgIpc) is 3.24. The lowest BCUT2D eigenvalue weighted by Gasteiger charge is -2.07. The van der Waals surface area contributed by atoms with Crippen LogP contribution in [0.2, 0.25) is 0 Å². The lowest BCUT2D eigenvalue weighted by molar-refractivity contribution is 0.0846. The van der Waals surface area contributed by atoms with Gasteiger partial charge in [-0.3, -0.25) is 25.2 Å². The maximum Gasteiger partial charge on any atom is 0.275 e. The number of pyridine rings is 1. The Kier molecular flexibility index (Phi) is 5.21. The van der Waals surface area contributed by atoms with Gasteiger partial charge in [0.1, 0.15) is 11.3 Å². The van der Waals surface area contributed by atoms with Crippen LogP contribution in [0.4, 0.5) is 0 Å².